The first-order chi connectivity index (χ1) is 5.33. The fraction of sp³-hybridized carbons (Fsp3) is 0.800. The van der Waals surface area contributed by atoms with Gasteiger partial charge in [0, 0.05) is 6.42 Å². The van der Waals surface area contributed by atoms with Crippen LogP contribution in [0.3, 0.4) is 0 Å². The zero-order valence-corrected chi connectivity index (χ0v) is 6.92. The average molecular weight is 152 g/mol. The van der Waals surface area contributed by atoms with Crippen molar-refractivity contribution in [2.45, 2.75) is 44.6 Å². The van der Waals surface area contributed by atoms with Gasteiger partial charge in [-0.25, -0.2) is 0 Å². The molecule has 1 N–H and O–H groups in total. The molecule has 0 amide bonds. The van der Waals surface area contributed by atoms with E-state index in [1.165, 1.54) is 12.8 Å². The second kappa shape index (κ2) is 4.41. The summed E-state index contributed by atoms with van der Waals surface area (Å²) in [6, 6.07) is 0. The lowest BCUT2D eigenvalue weighted by Gasteiger charge is -2.07. The Kier molecular flexibility index (Phi) is 3.45. The molecule has 0 radical (unpaired) electrons. The lowest BCUT2D eigenvalue weighted by Crippen LogP contribution is -2.06. The first-order valence-corrected chi connectivity index (χ1v) is 4.44. The number of terminal acetylenes is 1. The molecule has 1 rings (SSSR count). The minimum absolute atomic E-state index is 0.0872. The molecule has 0 spiro atoms. The second-order valence-electron chi connectivity index (χ2n) is 3.43. The Bertz CT molecular complexity index is 141. The molecule has 0 aliphatic heterocycles. The van der Waals surface area contributed by atoms with E-state index in [0.717, 1.165) is 31.6 Å². The smallest absolute Gasteiger partial charge is 0.0543 e. The van der Waals surface area contributed by atoms with E-state index in [2.05, 4.69) is 5.92 Å². The van der Waals surface area contributed by atoms with Crippen molar-refractivity contribution < 1.29 is 5.11 Å². The summed E-state index contributed by atoms with van der Waals surface area (Å²) in [5, 5.41) is 9.42. The van der Waals surface area contributed by atoms with Gasteiger partial charge in [-0.15, -0.1) is 12.3 Å². The standard InChI is InChI=1S/C10H16O/c1-2-3-4-5-10(11)8-9-6-7-9/h1,9-11H,3-8H2. The number of hydrogen-bond acceptors (Lipinski definition) is 1. The SMILES string of the molecule is C#CCCCC(O)CC1CC1. The molecule has 0 bridgehead atoms. The normalized spacial score (nSPS) is 19.3. The Morgan fingerprint density at radius 3 is 2.82 bits per heavy atom. The molecule has 1 heteroatoms. The average Bonchev–Trinajstić information content (AvgIpc) is 2.72. The molecule has 1 atom stereocenters. The van der Waals surface area contributed by atoms with Crippen molar-refractivity contribution in [3.05, 3.63) is 0 Å². The predicted molar refractivity (Wildman–Crippen MR) is 46.0 cm³/mol. The van der Waals surface area contributed by atoms with Gasteiger partial charge in [0.25, 0.3) is 0 Å². The van der Waals surface area contributed by atoms with Crippen molar-refractivity contribution in [1.82, 2.24) is 0 Å². The number of unbranched alkanes of at least 4 members (excludes halogenated alkanes) is 1. The van der Waals surface area contributed by atoms with E-state index in [9.17, 15) is 5.11 Å². The second-order valence-corrected chi connectivity index (χ2v) is 3.43. The monoisotopic (exact) mass is 152 g/mol. The first kappa shape index (κ1) is 8.62. The minimum Gasteiger partial charge on any atom is -0.393 e. The Labute approximate surface area is 68.8 Å². The molecule has 0 heterocycles. The van der Waals surface area contributed by atoms with Crippen LogP contribution in [0.2, 0.25) is 0 Å². The lowest BCUT2D eigenvalue weighted by molar-refractivity contribution is 0.146. The van der Waals surface area contributed by atoms with E-state index in [1.54, 1.807) is 0 Å². The van der Waals surface area contributed by atoms with Crippen molar-refractivity contribution >= 4 is 0 Å². The summed E-state index contributed by atoms with van der Waals surface area (Å²) < 4.78 is 0. The molecule has 1 nitrogen and oxygen atoms in total. The Balaban J connectivity index is 1.92. The van der Waals surface area contributed by atoms with Crippen molar-refractivity contribution in [1.29, 1.82) is 0 Å². The van der Waals surface area contributed by atoms with Crippen LogP contribution in [0.4, 0.5) is 0 Å². The van der Waals surface area contributed by atoms with Crippen molar-refractivity contribution in [3.63, 3.8) is 0 Å². The van der Waals surface area contributed by atoms with Crippen molar-refractivity contribution in [2.75, 3.05) is 0 Å². The molecule has 1 saturated carbocycles. The highest BCUT2D eigenvalue weighted by molar-refractivity contribution is 4.84. The first-order valence-electron chi connectivity index (χ1n) is 4.44. The quantitative estimate of drug-likeness (QED) is 0.471. The maximum Gasteiger partial charge on any atom is 0.0543 e. The van der Waals surface area contributed by atoms with E-state index in [-0.39, 0.29) is 6.10 Å². The largest absolute Gasteiger partial charge is 0.393 e. The van der Waals surface area contributed by atoms with Crippen LogP contribution in [0.5, 0.6) is 0 Å². The summed E-state index contributed by atoms with van der Waals surface area (Å²) in [5.41, 5.74) is 0. The molecule has 0 aromatic heterocycles. The van der Waals surface area contributed by atoms with E-state index >= 15 is 0 Å². The zero-order valence-electron chi connectivity index (χ0n) is 6.92. The van der Waals surface area contributed by atoms with E-state index in [4.69, 9.17) is 6.42 Å². The number of hydrogen-bond donors (Lipinski definition) is 1. The Morgan fingerprint density at radius 2 is 2.27 bits per heavy atom. The summed E-state index contributed by atoms with van der Waals surface area (Å²) in [7, 11) is 0. The molecule has 0 aromatic rings. The number of aliphatic hydroxyl groups is 1. The maximum absolute atomic E-state index is 9.42. The Morgan fingerprint density at radius 1 is 1.55 bits per heavy atom. The van der Waals surface area contributed by atoms with Gasteiger partial charge in [0.2, 0.25) is 0 Å². The fourth-order valence-electron chi connectivity index (χ4n) is 1.30. The van der Waals surface area contributed by atoms with Gasteiger partial charge in [-0.3, -0.25) is 0 Å². The van der Waals surface area contributed by atoms with Crippen LogP contribution >= 0.6 is 0 Å². The summed E-state index contributed by atoms with van der Waals surface area (Å²) in [6.07, 6.45) is 11.3. The van der Waals surface area contributed by atoms with Gasteiger partial charge in [-0.1, -0.05) is 12.8 Å². The van der Waals surface area contributed by atoms with Gasteiger partial charge < -0.3 is 5.11 Å². The molecule has 11 heavy (non-hydrogen) atoms. The van der Waals surface area contributed by atoms with Gasteiger partial charge in [-0.2, -0.15) is 0 Å². The van der Waals surface area contributed by atoms with Crippen molar-refractivity contribution in [2.24, 2.45) is 5.92 Å². The van der Waals surface area contributed by atoms with Crippen LogP contribution in [0.25, 0.3) is 0 Å². The summed E-state index contributed by atoms with van der Waals surface area (Å²) in [5.74, 6) is 3.41. The molecule has 1 aliphatic carbocycles. The molecule has 62 valence electrons. The van der Waals surface area contributed by atoms with Crippen LogP contribution in [0.15, 0.2) is 0 Å². The number of rotatable bonds is 5. The molecular weight excluding hydrogens is 136 g/mol. The highest BCUT2D eigenvalue weighted by atomic mass is 16.3. The molecule has 1 fully saturated rings. The van der Waals surface area contributed by atoms with Crippen LogP contribution in [-0.2, 0) is 0 Å². The topological polar surface area (TPSA) is 20.2 Å². The third-order valence-electron chi connectivity index (χ3n) is 2.16. The molecular formula is C10H16O. The van der Waals surface area contributed by atoms with Gasteiger partial charge in [0.05, 0.1) is 6.10 Å². The van der Waals surface area contributed by atoms with Gasteiger partial charge in [0.1, 0.15) is 0 Å². The van der Waals surface area contributed by atoms with Crippen LogP contribution in [0, 0.1) is 18.3 Å². The molecule has 0 saturated heterocycles. The summed E-state index contributed by atoms with van der Waals surface area (Å²) in [4.78, 5) is 0. The van der Waals surface area contributed by atoms with Gasteiger partial charge >= 0.3 is 0 Å². The Hall–Kier alpha value is -0.480. The van der Waals surface area contributed by atoms with E-state index in [0.29, 0.717) is 0 Å². The summed E-state index contributed by atoms with van der Waals surface area (Å²) >= 11 is 0. The van der Waals surface area contributed by atoms with Crippen molar-refractivity contribution in [3.8, 4) is 12.3 Å². The summed E-state index contributed by atoms with van der Waals surface area (Å²) in [6.45, 7) is 0. The lowest BCUT2D eigenvalue weighted by atomic mass is 10.1. The zero-order chi connectivity index (χ0) is 8.10. The highest BCUT2D eigenvalue weighted by Gasteiger charge is 2.23. The minimum atomic E-state index is -0.0872. The maximum atomic E-state index is 9.42. The van der Waals surface area contributed by atoms with E-state index < -0.39 is 0 Å². The fourth-order valence-corrected chi connectivity index (χ4v) is 1.30. The third kappa shape index (κ3) is 4.06. The third-order valence-corrected chi connectivity index (χ3v) is 2.16. The molecule has 0 aromatic carbocycles. The van der Waals surface area contributed by atoms with Gasteiger partial charge in [0.15, 0.2) is 0 Å². The predicted octanol–water partition coefficient (Wildman–Crippen LogP) is 1.95. The molecule has 1 aliphatic rings. The van der Waals surface area contributed by atoms with Crippen LogP contribution < -0.4 is 0 Å². The van der Waals surface area contributed by atoms with Crippen LogP contribution in [-0.4, -0.2) is 11.2 Å². The number of aliphatic hydroxyl groups excluding tert-OH is 1. The van der Waals surface area contributed by atoms with Gasteiger partial charge in [-0.05, 0) is 25.2 Å². The van der Waals surface area contributed by atoms with Crippen LogP contribution in [0.1, 0.15) is 38.5 Å². The highest BCUT2D eigenvalue weighted by Crippen LogP contribution is 2.34. The van der Waals surface area contributed by atoms with E-state index in [1.807, 2.05) is 0 Å². The molecule has 1 unspecified atom stereocenters.